The molecule has 0 radical (unpaired) electrons. The number of hydrogen-bond donors (Lipinski definition) is 1. The SMILES string of the molecule is COc1ccccc1N1C(N)=C(C#N)C2CCOCC2N1OC(C)=O. The number of anilines is 1. The zero-order chi connectivity index (χ0) is 18.0. The van der Waals surface area contributed by atoms with Gasteiger partial charge >= 0.3 is 5.97 Å². The first kappa shape index (κ1) is 17.1. The standard InChI is InChI=1S/C17H20N4O4/c1-11(22)25-21-15-10-24-8-7-12(15)13(9-18)17(19)20(21)14-5-3-4-6-16(14)23-2/h3-6,12,15H,7-8,10,19H2,1-2H3. The average molecular weight is 344 g/mol. The molecule has 0 spiro atoms. The van der Waals surface area contributed by atoms with E-state index in [1.807, 2.05) is 12.1 Å². The van der Waals surface area contributed by atoms with Gasteiger partial charge in [-0.3, -0.25) is 4.79 Å². The number of nitriles is 1. The Labute approximate surface area is 145 Å². The smallest absolute Gasteiger partial charge is 0.324 e. The van der Waals surface area contributed by atoms with Crippen molar-refractivity contribution in [3.63, 3.8) is 0 Å². The number of carbonyl (C=O) groups excluding carboxylic acids is 1. The molecule has 0 bridgehead atoms. The number of nitrogens with two attached hydrogens (primary N) is 1. The van der Waals surface area contributed by atoms with Gasteiger partial charge < -0.3 is 20.0 Å². The quantitative estimate of drug-likeness (QED) is 0.876. The first-order valence-corrected chi connectivity index (χ1v) is 7.96. The van der Waals surface area contributed by atoms with E-state index in [9.17, 15) is 10.1 Å². The van der Waals surface area contributed by atoms with Gasteiger partial charge in [0.1, 0.15) is 17.3 Å². The highest BCUT2D eigenvalue weighted by Gasteiger charge is 2.45. The molecule has 2 unspecified atom stereocenters. The maximum absolute atomic E-state index is 11.7. The van der Waals surface area contributed by atoms with E-state index in [-0.39, 0.29) is 17.8 Å². The molecular formula is C17H20N4O4. The second-order valence-electron chi connectivity index (χ2n) is 5.82. The number of methoxy groups -OCH3 is 1. The number of rotatable bonds is 3. The van der Waals surface area contributed by atoms with Crippen molar-refractivity contribution in [2.45, 2.75) is 19.4 Å². The lowest BCUT2D eigenvalue weighted by molar-refractivity contribution is -0.220. The molecule has 2 aliphatic rings. The van der Waals surface area contributed by atoms with Crippen molar-refractivity contribution in [1.29, 1.82) is 5.26 Å². The van der Waals surface area contributed by atoms with Gasteiger partial charge in [-0.05, 0) is 23.7 Å². The molecule has 132 valence electrons. The van der Waals surface area contributed by atoms with E-state index in [1.165, 1.54) is 24.2 Å². The molecule has 2 heterocycles. The van der Waals surface area contributed by atoms with Crippen molar-refractivity contribution < 1.29 is 19.1 Å². The van der Waals surface area contributed by atoms with Gasteiger partial charge in [-0.25, -0.2) is 5.01 Å². The van der Waals surface area contributed by atoms with Crippen LogP contribution in [0.15, 0.2) is 35.7 Å². The number of ether oxygens (including phenoxy) is 2. The minimum atomic E-state index is -0.488. The lowest BCUT2D eigenvalue weighted by atomic mass is 9.86. The van der Waals surface area contributed by atoms with E-state index < -0.39 is 5.97 Å². The van der Waals surface area contributed by atoms with Crippen LogP contribution in [0.2, 0.25) is 0 Å². The zero-order valence-corrected chi connectivity index (χ0v) is 14.1. The molecule has 25 heavy (non-hydrogen) atoms. The first-order chi connectivity index (χ1) is 12.1. The highest BCUT2D eigenvalue weighted by atomic mass is 16.7. The summed E-state index contributed by atoms with van der Waals surface area (Å²) in [5.41, 5.74) is 7.35. The molecule has 8 nitrogen and oxygen atoms in total. The van der Waals surface area contributed by atoms with Crippen LogP contribution in [0.1, 0.15) is 13.3 Å². The van der Waals surface area contributed by atoms with E-state index >= 15 is 0 Å². The Hall–Kier alpha value is -2.76. The van der Waals surface area contributed by atoms with Crippen molar-refractivity contribution in [3.8, 4) is 11.8 Å². The van der Waals surface area contributed by atoms with E-state index in [0.717, 1.165) is 0 Å². The summed E-state index contributed by atoms with van der Waals surface area (Å²) in [6, 6.07) is 9.05. The monoisotopic (exact) mass is 344 g/mol. The van der Waals surface area contributed by atoms with Crippen LogP contribution in [0.3, 0.4) is 0 Å². The molecule has 0 amide bonds. The van der Waals surface area contributed by atoms with E-state index in [4.69, 9.17) is 20.0 Å². The van der Waals surface area contributed by atoms with Crippen LogP contribution >= 0.6 is 0 Å². The molecule has 1 aromatic carbocycles. The van der Waals surface area contributed by atoms with Crippen LogP contribution in [-0.2, 0) is 14.4 Å². The largest absolute Gasteiger partial charge is 0.495 e. The van der Waals surface area contributed by atoms with Gasteiger partial charge in [-0.1, -0.05) is 12.1 Å². The Bertz CT molecular complexity index is 742. The van der Waals surface area contributed by atoms with Gasteiger partial charge in [0, 0.05) is 19.4 Å². The summed E-state index contributed by atoms with van der Waals surface area (Å²) >= 11 is 0. The van der Waals surface area contributed by atoms with Crippen LogP contribution in [0.4, 0.5) is 5.69 Å². The minimum Gasteiger partial charge on any atom is -0.495 e. The number of hydrazine groups is 1. The Balaban J connectivity index is 2.17. The Kier molecular flexibility index (Phi) is 4.79. The summed E-state index contributed by atoms with van der Waals surface area (Å²) in [5, 5.41) is 12.6. The van der Waals surface area contributed by atoms with Crippen LogP contribution in [0, 0.1) is 17.2 Å². The maximum atomic E-state index is 11.7. The number of hydroxylamine groups is 1. The zero-order valence-electron chi connectivity index (χ0n) is 14.1. The van der Waals surface area contributed by atoms with Crippen molar-refractivity contribution in [2.75, 3.05) is 25.3 Å². The van der Waals surface area contributed by atoms with Gasteiger partial charge in [-0.15, -0.1) is 0 Å². The van der Waals surface area contributed by atoms with Crippen molar-refractivity contribution in [2.24, 2.45) is 11.7 Å². The molecule has 2 atom stereocenters. The predicted octanol–water partition coefficient (Wildman–Crippen LogP) is 1.31. The molecule has 0 aliphatic carbocycles. The fourth-order valence-corrected chi connectivity index (χ4v) is 3.26. The highest BCUT2D eigenvalue weighted by molar-refractivity contribution is 5.67. The van der Waals surface area contributed by atoms with E-state index in [2.05, 4.69) is 6.07 Å². The number of para-hydroxylation sites is 2. The van der Waals surface area contributed by atoms with Crippen LogP contribution in [0.5, 0.6) is 5.75 Å². The van der Waals surface area contributed by atoms with Gasteiger partial charge in [0.25, 0.3) is 0 Å². The highest BCUT2D eigenvalue weighted by Crippen LogP contribution is 2.40. The number of hydrogen-bond acceptors (Lipinski definition) is 8. The van der Waals surface area contributed by atoms with Crippen molar-refractivity contribution in [3.05, 3.63) is 35.7 Å². The lowest BCUT2D eigenvalue weighted by Crippen LogP contribution is -2.60. The van der Waals surface area contributed by atoms with Crippen molar-refractivity contribution in [1.82, 2.24) is 5.17 Å². The number of benzene rings is 1. The predicted molar refractivity (Wildman–Crippen MR) is 88.6 cm³/mol. The van der Waals surface area contributed by atoms with Crippen molar-refractivity contribution >= 4 is 11.7 Å². The maximum Gasteiger partial charge on any atom is 0.324 e. The molecule has 1 saturated heterocycles. The topological polar surface area (TPSA) is 101 Å². The molecular weight excluding hydrogens is 324 g/mol. The Morgan fingerprint density at radius 2 is 2.20 bits per heavy atom. The molecule has 3 rings (SSSR count). The first-order valence-electron chi connectivity index (χ1n) is 7.96. The summed E-state index contributed by atoms with van der Waals surface area (Å²) in [6.07, 6.45) is 0.631. The number of nitrogens with zero attached hydrogens (tertiary/aromatic N) is 3. The molecule has 2 aliphatic heterocycles. The molecule has 2 N–H and O–H groups in total. The molecule has 8 heteroatoms. The van der Waals surface area contributed by atoms with Crippen LogP contribution in [-0.4, -0.2) is 37.5 Å². The Morgan fingerprint density at radius 1 is 1.44 bits per heavy atom. The normalized spacial score (nSPS) is 23.6. The lowest BCUT2D eigenvalue weighted by Gasteiger charge is -2.47. The molecule has 1 fully saturated rings. The molecule has 0 aromatic heterocycles. The molecule has 1 aromatic rings. The van der Waals surface area contributed by atoms with E-state index in [0.29, 0.717) is 36.6 Å². The minimum absolute atomic E-state index is 0.163. The van der Waals surface area contributed by atoms with E-state index in [1.54, 1.807) is 12.1 Å². The summed E-state index contributed by atoms with van der Waals surface area (Å²) in [5.74, 6) is 0.105. The average Bonchev–Trinajstić information content (AvgIpc) is 2.62. The van der Waals surface area contributed by atoms with Crippen LogP contribution in [0.25, 0.3) is 0 Å². The third kappa shape index (κ3) is 2.99. The molecule has 0 saturated carbocycles. The second-order valence-corrected chi connectivity index (χ2v) is 5.82. The number of carbonyl (C=O) groups is 1. The number of fused-ring (bicyclic) bond motifs is 1. The van der Waals surface area contributed by atoms with Gasteiger partial charge in [0.2, 0.25) is 0 Å². The fourth-order valence-electron chi connectivity index (χ4n) is 3.26. The summed E-state index contributed by atoms with van der Waals surface area (Å²) in [6.45, 7) is 2.17. The van der Waals surface area contributed by atoms with Gasteiger partial charge in [0.05, 0.1) is 31.4 Å². The summed E-state index contributed by atoms with van der Waals surface area (Å²) in [7, 11) is 1.54. The Morgan fingerprint density at radius 3 is 2.88 bits per heavy atom. The van der Waals surface area contributed by atoms with Crippen LogP contribution < -0.4 is 15.5 Å². The fraction of sp³-hybridized carbons (Fsp3) is 0.412. The third-order valence-corrected chi connectivity index (χ3v) is 4.34. The van der Waals surface area contributed by atoms with Gasteiger partial charge in [-0.2, -0.15) is 5.26 Å². The van der Waals surface area contributed by atoms with Gasteiger partial charge in [0.15, 0.2) is 0 Å². The third-order valence-electron chi connectivity index (χ3n) is 4.34. The summed E-state index contributed by atoms with van der Waals surface area (Å²) < 4.78 is 11.0. The summed E-state index contributed by atoms with van der Waals surface area (Å²) in [4.78, 5) is 17.1. The second kappa shape index (κ2) is 7.01.